The molecule has 1 aromatic carbocycles. The molecule has 0 aromatic heterocycles. The highest BCUT2D eigenvalue weighted by Crippen LogP contribution is 2.18. The van der Waals surface area contributed by atoms with Crippen LogP contribution in [0.15, 0.2) is 24.3 Å². The first-order valence-corrected chi connectivity index (χ1v) is 6.87. The fourth-order valence-corrected chi connectivity index (χ4v) is 3.20. The summed E-state index contributed by atoms with van der Waals surface area (Å²) in [5.74, 6) is 0.346. The number of rotatable bonds is 1. The zero-order valence-corrected chi connectivity index (χ0v) is 9.50. The van der Waals surface area contributed by atoms with Crippen LogP contribution in [0.25, 0.3) is 0 Å². The fourth-order valence-electron chi connectivity index (χ4n) is 1.79. The Morgan fingerprint density at radius 1 is 1.31 bits per heavy atom. The van der Waals surface area contributed by atoms with E-state index in [2.05, 4.69) is 5.32 Å². The van der Waals surface area contributed by atoms with Crippen LogP contribution in [0.5, 0.6) is 0 Å². The van der Waals surface area contributed by atoms with Gasteiger partial charge in [-0.05, 0) is 17.7 Å². The van der Waals surface area contributed by atoms with Gasteiger partial charge in [-0.1, -0.05) is 12.1 Å². The van der Waals surface area contributed by atoms with Crippen molar-refractivity contribution in [3.63, 3.8) is 0 Å². The summed E-state index contributed by atoms with van der Waals surface area (Å²) in [7, 11) is -2.92. The van der Waals surface area contributed by atoms with E-state index in [4.69, 9.17) is 5.26 Å². The van der Waals surface area contributed by atoms with Crippen molar-refractivity contribution in [2.75, 3.05) is 18.1 Å². The van der Waals surface area contributed by atoms with Crippen molar-refractivity contribution in [2.24, 2.45) is 0 Å². The lowest BCUT2D eigenvalue weighted by molar-refractivity contribution is 0.531. The average Bonchev–Trinajstić information content (AvgIpc) is 2.28. The van der Waals surface area contributed by atoms with Gasteiger partial charge in [-0.3, -0.25) is 0 Å². The van der Waals surface area contributed by atoms with E-state index in [-0.39, 0.29) is 17.5 Å². The van der Waals surface area contributed by atoms with Crippen molar-refractivity contribution in [1.82, 2.24) is 5.32 Å². The maximum Gasteiger partial charge on any atom is 0.153 e. The van der Waals surface area contributed by atoms with Gasteiger partial charge in [0.05, 0.1) is 23.1 Å². The molecule has 0 amide bonds. The number of benzene rings is 1. The summed E-state index contributed by atoms with van der Waals surface area (Å²) in [6, 6.07) is 8.91. The first-order chi connectivity index (χ1) is 7.61. The van der Waals surface area contributed by atoms with Crippen LogP contribution in [0.4, 0.5) is 0 Å². The molecule has 5 heteroatoms. The van der Waals surface area contributed by atoms with Crippen LogP contribution >= 0.6 is 0 Å². The summed E-state index contributed by atoms with van der Waals surface area (Å²) in [6.45, 7) is 0.493. The number of sulfone groups is 1. The zero-order chi connectivity index (χ0) is 11.6. The molecule has 1 aliphatic heterocycles. The third-order valence-electron chi connectivity index (χ3n) is 2.67. The minimum absolute atomic E-state index is 0.138. The van der Waals surface area contributed by atoms with Gasteiger partial charge in [0, 0.05) is 12.6 Å². The summed E-state index contributed by atoms with van der Waals surface area (Å²) < 4.78 is 22.9. The smallest absolute Gasteiger partial charge is 0.153 e. The molecule has 1 heterocycles. The molecule has 1 fully saturated rings. The number of nitriles is 1. The van der Waals surface area contributed by atoms with Crippen LogP contribution < -0.4 is 5.32 Å². The Balaban J connectivity index is 2.21. The first kappa shape index (κ1) is 11.1. The van der Waals surface area contributed by atoms with E-state index < -0.39 is 9.84 Å². The predicted molar refractivity (Wildman–Crippen MR) is 60.6 cm³/mol. The Bertz CT molecular complexity index is 514. The molecule has 16 heavy (non-hydrogen) atoms. The Hall–Kier alpha value is -1.38. The minimum Gasteiger partial charge on any atom is -0.308 e. The monoisotopic (exact) mass is 236 g/mol. The molecule has 1 saturated heterocycles. The molecule has 0 aliphatic carbocycles. The van der Waals surface area contributed by atoms with Crippen LogP contribution in [0.3, 0.4) is 0 Å². The highest BCUT2D eigenvalue weighted by Gasteiger charge is 2.25. The maximum atomic E-state index is 11.5. The quantitative estimate of drug-likeness (QED) is 0.776. The number of hydrogen-bond donors (Lipinski definition) is 1. The third kappa shape index (κ3) is 2.40. The van der Waals surface area contributed by atoms with E-state index in [1.165, 1.54) is 0 Å². The van der Waals surface area contributed by atoms with Crippen molar-refractivity contribution in [1.29, 1.82) is 5.26 Å². The van der Waals surface area contributed by atoms with E-state index in [9.17, 15) is 8.42 Å². The van der Waals surface area contributed by atoms with Gasteiger partial charge in [-0.2, -0.15) is 5.26 Å². The van der Waals surface area contributed by atoms with Gasteiger partial charge in [0.2, 0.25) is 0 Å². The lowest BCUT2D eigenvalue weighted by Crippen LogP contribution is -2.39. The van der Waals surface area contributed by atoms with Crippen molar-refractivity contribution < 1.29 is 8.42 Å². The zero-order valence-electron chi connectivity index (χ0n) is 8.68. The highest BCUT2D eigenvalue weighted by atomic mass is 32.2. The van der Waals surface area contributed by atoms with Crippen LogP contribution in [0.1, 0.15) is 17.2 Å². The second-order valence-electron chi connectivity index (χ2n) is 3.85. The molecule has 0 spiro atoms. The van der Waals surface area contributed by atoms with Gasteiger partial charge in [0.25, 0.3) is 0 Å². The molecule has 1 N–H and O–H groups in total. The normalized spacial score (nSPS) is 23.6. The molecule has 1 atom stereocenters. The highest BCUT2D eigenvalue weighted by molar-refractivity contribution is 7.91. The van der Waals surface area contributed by atoms with Gasteiger partial charge in [0.15, 0.2) is 9.84 Å². The van der Waals surface area contributed by atoms with E-state index in [0.29, 0.717) is 12.1 Å². The number of nitrogens with one attached hydrogen (secondary N) is 1. The van der Waals surface area contributed by atoms with Gasteiger partial charge in [-0.15, -0.1) is 0 Å². The molecule has 4 nitrogen and oxygen atoms in total. The maximum absolute atomic E-state index is 11.5. The first-order valence-electron chi connectivity index (χ1n) is 5.04. The summed E-state index contributed by atoms with van der Waals surface area (Å²) >= 11 is 0. The van der Waals surface area contributed by atoms with Crippen molar-refractivity contribution >= 4 is 9.84 Å². The topological polar surface area (TPSA) is 70.0 Å². The molecule has 0 bridgehead atoms. The largest absolute Gasteiger partial charge is 0.308 e. The predicted octanol–water partition coefficient (Wildman–Crippen LogP) is 0.617. The lowest BCUT2D eigenvalue weighted by Gasteiger charge is -2.23. The fraction of sp³-hybridized carbons (Fsp3) is 0.364. The lowest BCUT2D eigenvalue weighted by atomic mass is 10.1. The molecule has 1 aliphatic rings. The summed E-state index contributed by atoms with van der Waals surface area (Å²) in [6.07, 6.45) is 0. The van der Waals surface area contributed by atoms with Crippen molar-refractivity contribution in [3.05, 3.63) is 35.4 Å². The van der Waals surface area contributed by atoms with Gasteiger partial charge < -0.3 is 5.32 Å². The van der Waals surface area contributed by atoms with Crippen molar-refractivity contribution in [2.45, 2.75) is 6.04 Å². The molecule has 0 radical (unpaired) electrons. The summed E-state index contributed by atoms with van der Waals surface area (Å²) in [5.41, 5.74) is 1.50. The van der Waals surface area contributed by atoms with E-state index >= 15 is 0 Å². The Morgan fingerprint density at radius 3 is 2.56 bits per heavy atom. The SMILES string of the molecule is N#Cc1ccc(C2CS(=O)(=O)CCN2)cc1. The van der Waals surface area contributed by atoms with E-state index in [1.54, 1.807) is 24.3 Å². The Morgan fingerprint density at radius 2 is 2.00 bits per heavy atom. The number of hydrogen-bond acceptors (Lipinski definition) is 4. The molecule has 1 unspecified atom stereocenters. The molecule has 2 rings (SSSR count). The van der Waals surface area contributed by atoms with E-state index in [0.717, 1.165) is 5.56 Å². The Kier molecular flexibility index (Phi) is 2.95. The van der Waals surface area contributed by atoms with Crippen LogP contribution in [0.2, 0.25) is 0 Å². The third-order valence-corrected chi connectivity index (χ3v) is 4.33. The molecule has 84 valence electrons. The average molecular weight is 236 g/mol. The second-order valence-corrected chi connectivity index (χ2v) is 6.08. The van der Waals surface area contributed by atoms with Crippen LogP contribution in [0, 0.1) is 11.3 Å². The van der Waals surface area contributed by atoms with E-state index in [1.807, 2.05) is 6.07 Å². The summed E-state index contributed by atoms with van der Waals surface area (Å²) in [5, 5.41) is 11.8. The van der Waals surface area contributed by atoms with Crippen molar-refractivity contribution in [3.8, 4) is 6.07 Å². The van der Waals surface area contributed by atoms with Crippen LogP contribution in [-0.2, 0) is 9.84 Å². The van der Waals surface area contributed by atoms with Gasteiger partial charge >= 0.3 is 0 Å². The molecule has 1 aromatic rings. The molecular weight excluding hydrogens is 224 g/mol. The Labute approximate surface area is 94.8 Å². The summed E-state index contributed by atoms with van der Waals surface area (Å²) in [4.78, 5) is 0. The van der Waals surface area contributed by atoms with Gasteiger partial charge in [-0.25, -0.2) is 8.42 Å². The van der Waals surface area contributed by atoms with Crippen LogP contribution in [-0.4, -0.2) is 26.5 Å². The number of nitrogens with zero attached hydrogens (tertiary/aromatic N) is 1. The molecule has 0 saturated carbocycles. The minimum atomic E-state index is -2.92. The molecular formula is C11H12N2O2S. The standard InChI is InChI=1S/C11H12N2O2S/c12-7-9-1-3-10(4-2-9)11-8-16(14,15)6-5-13-11/h1-4,11,13H,5-6,8H2. The second kappa shape index (κ2) is 4.24. The van der Waals surface area contributed by atoms with Gasteiger partial charge in [0.1, 0.15) is 0 Å².